The van der Waals surface area contributed by atoms with Crippen LogP contribution in [0.15, 0.2) is 29.2 Å². The van der Waals surface area contributed by atoms with Gasteiger partial charge in [-0.15, -0.1) is 0 Å². The molecule has 0 spiro atoms. The van der Waals surface area contributed by atoms with Gasteiger partial charge in [-0.3, -0.25) is 4.90 Å². The number of carbonyl (C=O) groups excluding carboxylic acids is 1. The lowest BCUT2D eigenvalue weighted by molar-refractivity contribution is 0.0963. The van der Waals surface area contributed by atoms with Crippen LogP contribution in [0, 0.1) is 0 Å². The fourth-order valence-corrected chi connectivity index (χ4v) is 4.10. The van der Waals surface area contributed by atoms with Crippen molar-refractivity contribution in [2.75, 3.05) is 44.2 Å². The minimum absolute atomic E-state index is 0.203. The molecule has 1 atom stereocenters. The summed E-state index contributed by atoms with van der Waals surface area (Å²) in [7, 11) is -3.51. The van der Waals surface area contributed by atoms with Crippen molar-refractivity contribution in [2.45, 2.75) is 11.0 Å². The number of benzene rings is 1. The molecule has 0 unspecified atom stereocenters. The third kappa shape index (κ3) is 3.18. The molecular weight excluding hydrogens is 322 g/mol. The van der Waals surface area contributed by atoms with E-state index in [2.05, 4.69) is 5.32 Å². The number of piperazine rings is 1. The van der Waals surface area contributed by atoms with Gasteiger partial charge in [-0.1, -0.05) is 0 Å². The number of aliphatic hydroxyl groups excluding tert-OH is 1. The van der Waals surface area contributed by atoms with E-state index in [0.717, 1.165) is 0 Å². The van der Waals surface area contributed by atoms with Crippen molar-refractivity contribution in [1.29, 1.82) is 0 Å². The van der Waals surface area contributed by atoms with Gasteiger partial charge in [-0.05, 0) is 24.3 Å². The number of hydrogen-bond donors (Lipinski definition) is 2. The van der Waals surface area contributed by atoms with Gasteiger partial charge in [-0.25, -0.2) is 13.2 Å². The maximum Gasteiger partial charge on any atom is 0.414 e. The molecule has 0 saturated carbocycles. The van der Waals surface area contributed by atoms with Crippen LogP contribution in [0.4, 0.5) is 10.5 Å². The standard InChI is InChI=1S/C14H19N3O5S/c18-10-12-9-17(14(19)22-12)11-1-3-13(4-2-11)23(20,21)16-7-5-15-6-8-16/h1-4,12,15,18H,5-10H2/t12-/m1/s1. The number of hydrogen-bond acceptors (Lipinski definition) is 6. The van der Waals surface area contributed by atoms with Crippen molar-refractivity contribution in [2.24, 2.45) is 0 Å². The van der Waals surface area contributed by atoms with Crippen molar-refractivity contribution in [1.82, 2.24) is 9.62 Å². The van der Waals surface area contributed by atoms with Gasteiger partial charge in [0.25, 0.3) is 0 Å². The maximum atomic E-state index is 12.5. The first-order valence-corrected chi connectivity index (χ1v) is 8.86. The molecule has 9 heteroatoms. The number of nitrogens with zero attached hydrogens (tertiary/aromatic N) is 2. The Morgan fingerprint density at radius 2 is 1.87 bits per heavy atom. The van der Waals surface area contributed by atoms with Gasteiger partial charge in [0.1, 0.15) is 6.10 Å². The number of cyclic esters (lactones) is 1. The molecule has 2 aliphatic heterocycles. The quantitative estimate of drug-likeness (QED) is 0.773. The van der Waals surface area contributed by atoms with Crippen LogP contribution in [-0.2, 0) is 14.8 Å². The van der Waals surface area contributed by atoms with Gasteiger partial charge in [-0.2, -0.15) is 4.31 Å². The highest BCUT2D eigenvalue weighted by Crippen LogP contribution is 2.24. The van der Waals surface area contributed by atoms with Crippen LogP contribution < -0.4 is 10.2 Å². The predicted molar refractivity (Wildman–Crippen MR) is 82.8 cm³/mol. The van der Waals surface area contributed by atoms with Crippen LogP contribution in [0.3, 0.4) is 0 Å². The van der Waals surface area contributed by atoms with Crippen molar-refractivity contribution < 1.29 is 23.1 Å². The van der Waals surface area contributed by atoms with Crippen LogP contribution in [0.2, 0.25) is 0 Å². The summed E-state index contributed by atoms with van der Waals surface area (Å²) in [6.45, 7) is 2.18. The summed E-state index contributed by atoms with van der Waals surface area (Å²) in [5.74, 6) is 0. The zero-order chi connectivity index (χ0) is 16.4. The Morgan fingerprint density at radius 3 is 2.43 bits per heavy atom. The zero-order valence-electron chi connectivity index (χ0n) is 12.5. The number of rotatable bonds is 4. The predicted octanol–water partition coefficient (Wildman–Crippen LogP) is -0.402. The first-order chi connectivity index (χ1) is 11.0. The number of aliphatic hydroxyl groups is 1. The van der Waals surface area contributed by atoms with Gasteiger partial charge in [0, 0.05) is 31.9 Å². The first kappa shape index (κ1) is 16.2. The molecule has 0 aromatic heterocycles. The Bertz CT molecular complexity index is 670. The van der Waals surface area contributed by atoms with Crippen LogP contribution >= 0.6 is 0 Å². The molecule has 1 amide bonds. The fourth-order valence-electron chi connectivity index (χ4n) is 2.66. The van der Waals surface area contributed by atoms with E-state index in [1.54, 1.807) is 12.1 Å². The molecule has 2 saturated heterocycles. The maximum absolute atomic E-state index is 12.5. The summed E-state index contributed by atoms with van der Waals surface area (Å²) in [5.41, 5.74) is 0.546. The summed E-state index contributed by atoms with van der Waals surface area (Å²) in [4.78, 5) is 13.3. The molecule has 2 aliphatic rings. The molecule has 126 valence electrons. The van der Waals surface area contributed by atoms with Gasteiger partial charge in [0.2, 0.25) is 10.0 Å². The average molecular weight is 341 g/mol. The molecule has 0 bridgehead atoms. The Labute approximate surface area is 134 Å². The molecule has 2 heterocycles. The Hall–Kier alpha value is -1.68. The Morgan fingerprint density at radius 1 is 1.22 bits per heavy atom. The number of anilines is 1. The van der Waals surface area contributed by atoms with Crippen molar-refractivity contribution >= 4 is 21.8 Å². The van der Waals surface area contributed by atoms with Crippen molar-refractivity contribution in [3.63, 3.8) is 0 Å². The molecule has 0 radical (unpaired) electrons. The van der Waals surface area contributed by atoms with Crippen LogP contribution in [0.5, 0.6) is 0 Å². The van der Waals surface area contributed by atoms with E-state index < -0.39 is 22.2 Å². The second kappa shape index (κ2) is 6.44. The van der Waals surface area contributed by atoms with Crippen LogP contribution in [0.1, 0.15) is 0 Å². The minimum atomic E-state index is -3.51. The lowest BCUT2D eigenvalue weighted by Gasteiger charge is -2.26. The number of sulfonamides is 1. The highest BCUT2D eigenvalue weighted by molar-refractivity contribution is 7.89. The van der Waals surface area contributed by atoms with Crippen LogP contribution in [0.25, 0.3) is 0 Å². The highest BCUT2D eigenvalue weighted by Gasteiger charge is 2.32. The summed E-state index contributed by atoms with van der Waals surface area (Å²) in [5, 5.41) is 12.2. The van der Waals surface area contributed by atoms with E-state index in [9.17, 15) is 13.2 Å². The van der Waals surface area contributed by atoms with E-state index in [1.165, 1.54) is 21.3 Å². The largest absolute Gasteiger partial charge is 0.441 e. The summed E-state index contributed by atoms with van der Waals surface area (Å²) >= 11 is 0. The van der Waals surface area contributed by atoms with Gasteiger partial charge >= 0.3 is 6.09 Å². The summed E-state index contributed by atoms with van der Waals surface area (Å²) in [6.07, 6.45) is -1.09. The second-order valence-electron chi connectivity index (χ2n) is 5.45. The fraction of sp³-hybridized carbons (Fsp3) is 0.500. The SMILES string of the molecule is O=C1O[C@@H](CO)CN1c1ccc(S(=O)(=O)N2CCNCC2)cc1. The molecule has 2 fully saturated rings. The zero-order valence-corrected chi connectivity index (χ0v) is 13.3. The molecule has 1 aromatic carbocycles. The number of carbonyl (C=O) groups is 1. The monoisotopic (exact) mass is 341 g/mol. The molecule has 23 heavy (non-hydrogen) atoms. The van der Waals surface area contributed by atoms with E-state index in [4.69, 9.17) is 9.84 Å². The smallest absolute Gasteiger partial charge is 0.414 e. The summed E-state index contributed by atoms with van der Waals surface area (Å²) < 4.78 is 31.5. The van der Waals surface area contributed by atoms with E-state index in [0.29, 0.717) is 31.9 Å². The van der Waals surface area contributed by atoms with Gasteiger partial charge in [0.15, 0.2) is 0 Å². The topological polar surface area (TPSA) is 99.2 Å². The lowest BCUT2D eigenvalue weighted by Crippen LogP contribution is -2.46. The first-order valence-electron chi connectivity index (χ1n) is 7.42. The normalized spacial score (nSPS) is 23.1. The molecule has 1 aromatic rings. The second-order valence-corrected chi connectivity index (χ2v) is 7.38. The van der Waals surface area contributed by atoms with Gasteiger partial charge in [0.05, 0.1) is 18.0 Å². The molecule has 0 aliphatic carbocycles. The van der Waals surface area contributed by atoms with E-state index in [1.807, 2.05) is 0 Å². The lowest BCUT2D eigenvalue weighted by atomic mass is 10.3. The van der Waals surface area contributed by atoms with Crippen LogP contribution in [-0.4, -0.2) is 69.4 Å². The molecular formula is C14H19N3O5S. The number of amides is 1. The summed E-state index contributed by atoms with van der Waals surface area (Å²) in [6, 6.07) is 6.14. The minimum Gasteiger partial charge on any atom is -0.441 e. The van der Waals surface area contributed by atoms with Crippen molar-refractivity contribution in [3.05, 3.63) is 24.3 Å². The molecule has 3 rings (SSSR count). The Kier molecular flexibility index (Phi) is 4.53. The highest BCUT2D eigenvalue weighted by atomic mass is 32.2. The third-order valence-corrected chi connectivity index (χ3v) is 5.85. The third-order valence-electron chi connectivity index (χ3n) is 3.94. The molecule has 8 nitrogen and oxygen atoms in total. The Balaban J connectivity index is 1.78. The number of ether oxygens (including phenoxy) is 1. The van der Waals surface area contributed by atoms with Gasteiger partial charge < -0.3 is 15.2 Å². The average Bonchev–Trinajstić information content (AvgIpc) is 2.97. The van der Waals surface area contributed by atoms with Crippen molar-refractivity contribution in [3.8, 4) is 0 Å². The number of nitrogens with one attached hydrogen (secondary N) is 1. The molecule has 2 N–H and O–H groups in total. The van der Waals surface area contributed by atoms with E-state index in [-0.39, 0.29) is 18.0 Å². The van der Waals surface area contributed by atoms with E-state index >= 15 is 0 Å².